The highest BCUT2D eigenvalue weighted by molar-refractivity contribution is 7.98. The summed E-state index contributed by atoms with van der Waals surface area (Å²) in [4.78, 5) is 11.5. The molecule has 0 atom stereocenters. The van der Waals surface area contributed by atoms with Crippen molar-refractivity contribution in [3.8, 4) is 0 Å². The number of anilines is 1. The number of hydrogen-bond donors (Lipinski definition) is 2. The third-order valence-corrected chi connectivity index (χ3v) is 4.30. The van der Waals surface area contributed by atoms with Crippen LogP contribution in [0.3, 0.4) is 0 Å². The second-order valence-electron chi connectivity index (χ2n) is 4.37. The minimum absolute atomic E-state index is 0.0501. The molecule has 3 nitrogen and oxygen atoms in total. The third kappa shape index (κ3) is 4.18. The average molecular weight is 308 g/mol. The van der Waals surface area contributed by atoms with Crippen LogP contribution in [0.15, 0.2) is 47.4 Å². The van der Waals surface area contributed by atoms with Gasteiger partial charge in [0.2, 0.25) is 0 Å². The SMILES string of the molecule is Nc1ccc(Cl)c(SCc2ccc(CC(=O)O)cc2)c1. The standard InChI is InChI=1S/C15H14ClNO2S/c16-13-6-5-12(17)8-14(13)20-9-11-3-1-10(2-4-11)7-15(18)19/h1-6,8H,7,9,17H2,(H,18,19). The number of benzene rings is 2. The van der Waals surface area contributed by atoms with E-state index in [1.807, 2.05) is 30.3 Å². The maximum atomic E-state index is 10.6. The van der Waals surface area contributed by atoms with Crippen LogP contribution in [0.25, 0.3) is 0 Å². The van der Waals surface area contributed by atoms with Gasteiger partial charge in [-0.05, 0) is 29.3 Å². The van der Waals surface area contributed by atoms with Crippen molar-refractivity contribution in [2.75, 3.05) is 5.73 Å². The summed E-state index contributed by atoms with van der Waals surface area (Å²) in [7, 11) is 0. The van der Waals surface area contributed by atoms with Gasteiger partial charge in [-0.3, -0.25) is 4.79 Å². The second kappa shape index (κ2) is 6.68. The summed E-state index contributed by atoms with van der Waals surface area (Å²) in [5.41, 5.74) is 8.34. The highest BCUT2D eigenvalue weighted by Gasteiger charge is 2.04. The monoisotopic (exact) mass is 307 g/mol. The molecule has 3 N–H and O–H groups in total. The van der Waals surface area contributed by atoms with Gasteiger partial charge in [0.15, 0.2) is 0 Å². The van der Waals surface area contributed by atoms with Gasteiger partial charge in [0.05, 0.1) is 11.4 Å². The van der Waals surface area contributed by atoms with Gasteiger partial charge in [-0.25, -0.2) is 0 Å². The first-order valence-electron chi connectivity index (χ1n) is 6.02. The Hall–Kier alpha value is -1.65. The van der Waals surface area contributed by atoms with Gasteiger partial charge >= 0.3 is 5.97 Å². The quantitative estimate of drug-likeness (QED) is 0.650. The first-order valence-corrected chi connectivity index (χ1v) is 7.38. The molecule has 0 fully saturated rings. The molecule has 0 saturated heterocycles. The van der Waals surface area contributed by atoms with Crippen LogP contribution >= 0.6 is 23.4 Å². The van der Waals surface area contributed by atoms with Gasteiger partial charge in [0.25, 0.3) is 0 Å². The average Bonchev–Trinajstić information content (AvgIpc) is 2.41. The maximum absolute atomic E-state index is 10.6. The van der Waals surface area contributed by atoms with Crippen molar-refractivity contribution in [2.24, 2.45) is 0 Å². The summed E-state index contributed by atoms with van der Waals surface area (Å²) in [5, 5.41) is 9.40. The summed E-state index contributed by atoms with van der Waals surface area (Å²) in [6.45, 7) is 0. The lowest BCUT2D eigenvalue weighted by Gasteiger charge is -2.06. The fourth-order valence-corrected chi connectivity index (χ4v) is 2.94. The minimum atomic E-state index is -0.821. The molecule has 2 aromatic rings. The molecule has 5 heteroatoms. The van der Waals surface area contributed by atoms with Crippen molar-refractivity contribution in [1.82, 2.24) is 0 Å². The molecule has 0 amide bonds. The van der Waals surface area contributed by atoms with E-state index in [9.17, 15) is 4.79 Å². The predicted molar refractivity (Wildman–Crippen MR) is 83.2 cm³/mol. The Balaban J connectivity index is 2.00. The highest BCUT2D eigenvalue weighted by Crippen LogP contribution is 2.31. The number of nitrogens with two attached hydrogens (primary N) is 1. The Morgan fingerprint density at radius 1 is 1.15 bits per heavy atom. The van der Waals surface area contributed by atoms with Gasteiger partial charge < -0.3 is 10.8 Å². The van der Waals surface area contributed by atoms with Gasteiger partial charge in [0, 0.05) is 16.3 Å². The Morgan fingerprint density at radius 3 is 2.45 bits per heavy atom. The highest BCUT2D eigenvalue weighted by atomic mass is 35.5. The smallest absolute Gasteiger partial charge is 0.307 e. The number of aliphatic carboxylic acids is 1. The topological polar surface area (TPSA) is 63.3 Å². The van der Waals surface area contributed by atoms with E-state index in [1.54, 1.807) is 23.9 Å². The number of carboxylic acids is 1. The predicted octanol–water partition coefficient (Wildman–Crippen LogP) is 3.84. The molecule has 0 aliphatic heterocycles. The van der Waals surface area contributed by atoms with Crippen LogP contribution < -0.4 is 5.73 Å². The zero-order valence-corrected chi connectivity index (χ0v) is 12.2. The summed E-state index contributed by atoms with van der Waals surface area (Å²) >= 11 is 7.71. The Kier molecular flexibility index (Phi) is 4.93. The van der Waals surface area contributed by atoms with E-state index in [0.29, 0.717) is 10.7 Å². The Morgan fingerprint density at radius 2 is 1.80 bits per heavy atom. The van der Waals surface area contributed by atoms with Crippen molar-refractivity contribution >= 4 is 35.0 Å². The fourth-order valence-electron chi connectivity index (χ4n) is 1.72. The molecule has 0 spiro atoms. The van der Waals surface area contributed by atoms with Crippen LogP contribution in [-0.4, -0.2) is 11.1 Å². The first-order chi connectivity index (χ1) is 9.54. The third-order valence-electron chi connectivity index (χ3n) is 2.73. The minimum Gasteiger partial charge on any atom is -0.481 e. The Bertz CT molecular complexity index is 614. The normalized spacial score (nSPS) is 10.4. The van der Waals surface area contributed by atoms with Crippen LogP contribution in [0.4, 0.5) is 5.69 Å². The molecule has 20 heavy (non-hydrogen) atoms. The molecule has 0 saturated carbocycles. The summed E-state index contributed by atoms with van der Waals surface area (Å²) < 4.78 is 0. The van der Waals surface area contributed by atoms with Crippen molar-refractivity contribution in [3.05, 3.63) is 58.6 Å². The Labute approximate surface area is 126 Å². The number of halogens is 1. The van der Waals surface area contributed by atoms with E-state index in [-0.39, 0.29) is 6.42 Å². The zero-order valence-electron chi connectivity index (χ0n) is 10.7. The number of carbonyl (C=O) groups is 1. The summed E-state index contributed by atoms with van der Waals surface area (Å²) in [6.07, 6.45) is 0.0501. The molecule has 0 bridgehead atoms. The van der Waals surface area contributed by atoms with E-state index < -0.39 is 5.97 Å². The first kappa shape index (κ1) is 14.8. The number of nitrogen functional groups attached to an aromatic ring is 1. The number of carboxylic acid groups (broad SMARTS) is 1. The van der Waals surface area contributed by atoms with Crippen molar-refractivity contribution in [2.45, 2.75) is 17.1 Å². The van der Waals surface area contributed by atoms with Crippen molar-refractivity contribution in [1.29, 1.82) is 0 Å². The molecule has 2 rings (SSSR count). The van der Waals surface area contributed by atoms with E-state index >= 15 is 0 Å². The lowest BCUT2D eigenvalue weighted by Crippen LogP contribution is -1.99. The van der Waals surface area contributed by atoms with Crippen molar-refractivity contribution in [3.63, 3.8) is 0 Å². The van der Waals surface area contributed by atoms with Crippen LogP contribution in [0.1, 0.15) is 11.1 Å². The van der Waals surface area contributed by atoms with E-state index in [0.717, 1.165) is 21.8 Å². The second-order valence-corrected chi connectivity index (χ2v) is 5.79. The molecule has 0 heterocycles. The molecule has 0 aliphatic carbocycles. The van der Waals surface area contributed by atoms with E-state index in [2.05, 4.69) is 0 Å². The molecular weight excluding hydrogens is 294 g/mol. The van der Waals surface area contributed by atoms with Crippen molar-refractivity contribution < 1.29 is 9.90 Å². The zero-order chi connectivity index (χ0) is 14.5. The molecule has 0 aliphatic rings. The van der Waals surface area contributed by atoms with Gasteiger partial charge in [-0.15, -0.1) is 11.8 Å². The van der Waals surface area contributed by atoms with E-state index in [4.69, 9.17) is 22.4 Å². The molecule has 0 radical (unpaired) electrons. The molecular formula is C15H14ClNO2S. The summed E-state index contributed by atoms with van der Waals surface area (Å²) in [6, 6.07) is 13.0. The number of hydrogen-bond acceptors (Lipinski definition) is 3. The molecule has 0 unspecified atom stereocenters. The fraction of sp³-hybridized carbons (Fsp3) is 0.133. The largest absolute Gasteiger partial charge is 0.481 e. The van der Waals surface area contributed by atoms with Crippen LogP contribution in [0.5, 0.6) is 0 Å². The molecule has 104 valence electrons. The van der Waals surface area contributed by atoms with Gasteiger partial charge in [0.1, 0.15) is 0 Å². The lowest BCUT2D eigenvalue weighted by molar-refractivity contribution is -0.136. The van der Waals surface area contributed by atoms with Crippen LogP contribution in [0.2, 0.25) is 5.02 Å². The summed E-state index contributed by atoms with van der Waals surface area (Å²) in [5.74, 6) is -0.0602. The number of thioether (sulfide) groups is 1. The van der Waals surface area contributed by atoms with E-state index in [1.165, 1.54) is 0 Å². The molecule has 2 aromatic carbocycles. The van der Waals surface area contributed by atoms with Crippen LogP contribution in [0, 0.1) is 0 Å². The van der Waals surface area contributed by atoms with Gasteiger partial charge in [-0.2, -0.15) is 0 Å². The van der Waals surface area contributed by atoms with Crippen LogP contribution in [-0.2, 0) is 17.0 Å². The maximum Gasteiger partial charge on any atom is 0.307 e. The lowest BCUT2D eigenvalue weighted by atomic mass is 10.1. The van der Waals surface area contributed by atoms with Gasteiger partial charge in [-0.1, -0.05) is 35.9 Å². The number of rotatable bonds is 5. The molecule has 0 aromatic heterocycles.